The molecule has 0 saturated heterocycles. The van der Waals surface area contributed by atoms with E-state index in [2.05, 4.69) is 10.3 Å². The van der Waals surface area contributed by atoms with E-state index in [0.29, 0.717) is 12.1 Å². The van der Waals surface area contributed by atoms with Crippen molar-refractivity contribution < 1.29 is 14.7 Å². The van der Waals surface area contributed by atoms with Crippen molar-refractivity contribution in [1.82, 2.24) is 10.3 Å². The lowest BCUT2D eigenvalue weighted by molar-refractivity contribution is 0.0697. The maximum atomic E-state index is 12.0. The third-order valence-electron chi connectivity index (χ3n) is 2.96. The van der Waals surface area contributed by atoms with Gasteiger partial charge < -0.3 is 10.4 Å². The predicted molar refractivity (Wildman–Crippen MR) is 73.5 cm³/mol. The van der Waals surface area contributed by atoms with Gasteiger partial charge in [-0.25, -0.2) is 4.79 Å². The molecule has 1 amide bonds. The summed E-state index contributed by atoms with van der Waals surface area (Å²) in [6, 6.07) is 7.80. The molecule has 0 aliphatic heterocycles. The molecule has 102 valence electrons. The van der Waals surface area contributed by atoms with Crippen molar-refractivity contribution in [1.29, 1.82) is 0 Å². The number of hydrogen-bond donors (Lipinski definition) is 2. The molecule has 0 atom stereocenters. The normalized spacial score (nSPS) is 10.1. The standard InChI is InChI=1S/C15H14N2O3/c1-10-5-6-16-8-13(10)9-17-14(18)11-3-2-4-12(7-11)15(19)20/h2-8H,9H2,1H3,(H,17,18)(H,19,20). The summed E-state index contributed by atoms with van der Waals surface area (Å²) in [7, 11) is 0. The van der Waals surface area contributed by atoms with Crippen LogP contribution in [-0.4, -0.2) is 22.0 Å². The van der Waals surface area contributed by atoms with Crippen LogP contribution in [0.5, 0.6) is 0 Å². The summed E-state index contributed by atoms with van der Waals surface area (Å²) in [5, 5.41) is 11.6. The van der Waals surface area contributed by atoms with Crippen LogP contribution in [0.15, 0.2) is 42.7 Å². The van der Waals surface area contributed by atoms with E-state index < -0.39 is 5.97 Å². The number of nitrogens with zero attached hydrogens (tertiary/aromatic N) is 1. The number of pyridine rings is 1. The molecule has 2 rings (SSSR count). The number of carboxylic acids is 1. The molecule has 1 aromatic carbocycles. The summed E-state index contributed by atoms with van der Waals surface area (Å²) in [4.78, 5) is 26.8. The second kappa shape index (κ2) is 5.97. The van der Waals surface area contributed by atoms with Crippen LogP contribution in [0.4, 0.5) is 0 Å². The number of hydrogen-bond acceptors (Lipinski definition) is 3. The molecule has 0 aliphatic rings. The van der Waals surface area contributed by atoms with E-state index >= 15 is 0 Å². The summed E-state index contributed by atoms with van der Waals surface area (Å²) in [5.74, 6) is -1.36. The maximum absolute atomic E-state index is 12.0. The Morgan fingerprint density at radius 1 is 1.25 bits per heavy atom. The largest absolute Gasteiger partial charge is 0.478 e. The highest BCUT2D eigenvalue weighted by Gasteiger charge is 2.09. The van der Waals surface area contributed by atoms with Crippen LogP contribution in [0.2, 0.25) is 0 Å². The number of aryl methyl sites for hydroxylation is 1. The van der Waals surface area contributed by atoms with Gasteiger partial charge >= 0.3 is 5.97 Å². The smallest absolute Gasteiger partial charge is 0.335 e. The van der Waals surface area contributed by atoms with Crippen LogP contribution in [0.25, 0.3) is 0 Å². The lowest BCUT2D eigenvalue weighted by Gasteiger charge is -2.07. The molecule has 0 unspecified atom stereocenters. The fraction of sp³-hybridized carbons (Fsp3) is 0.133. The van der Waals surface area contributed by atoms with Gasteiger partial charge in [-0.2, -0.15) is 0 Å². The zero-order valence-corrected chi connectivity index (χ0v) is 11.0. The van der Waals surface area contributed by atoms with Gasteiger partial charge in [-0.15, -0.1) is 0 Å². The van der Waals surface area contributed by atoms with Crippen LogP contribution in [0.1, 0.15) is 31.8 Å². The van der Waals surface area contributed by atoms with Crippen LogP contribution in [0, 0.1) is 6.92 Å². The number of aromatic carboxylic acids is 1. The molecule has 2 N–H and O–H groups in total. The second-order valence-electron chi connectivity index (χ2n) is 4.37. The number of carboxylic acid groups (broad SMARTS) is 1. The van der Waals surface area contributed by atoms with E-state index in [0.717, 1.165) is 11.1 Å². The van der Waals surface area contributed by atoms with Gasteiger partial charge in [-0.05, 0) is 42.3 Å². The van der Waals surface area contributed by atoms with E-state index in [1.54, 1.807) is 24.5 Å². The Kier molecular flexibility index (Phi) is 4.10. The highest BCUT2D eigenvalue weighted by atomic mass is 16.4. The van der Waals surface area contributed by atoms with Crippen LogP contribution >= 0.6 is 0 Å². The summed E-state index contributed by atoms with van der Waals surface area (Å²) < 4.78 is 0. The predicted octanol–water partition coefficient (Wildman–Crippen LogP) is 2.02. The van der Waals surface area contributed by atoms with Crippen LogP contribution < -0.4 is 5.32 Å². The highest BCUT2D eigenvalue weighted by Crippen LogP contribution is 2.07. The summed E-state index contributed by atoms with van der Waals surface area (Å²) >= 11 is 0. The fourth-order valence-electron chi connectivity index (χ4n) is 1.75. The minimum absolute atomic E-state index is 0.0928. The molecule has 0 radical (unpaired) electrons. The van der Waals surface area contributed by atoms with Gasteiger partial charge in [-0.3, -0.25) is 9.78 Å². The number of amides is 1. The Morgan fingerprint density at radius 2 is 2.00 bits per heavy atom. The van der Waals surface area contributed by atoms with E-state index in [9.17, 15) is 9.59 Å². The van der Waals surface area contributed by atoms with Crippen molar-refractivity contribution in [3.63, 3.8) is 0 Å². The van der Waals surface area contributed by atoms with Gasteiger partial charge in [-0.1, -0.05) is 6.07 Å². The fourth-order valence-corrected chi connectivity index (χ4v) is 1.75. The molecule has 0 fully saturated rings. The molecular formula is C15H14N2O3. The van der Waals surface area contributed by atoms with Gasteiger partial charge in [0.05, 0.1) is 5.56 Å². The molecule has 0 spiro atoms. The van der Waals surface area contributed by atoms with Crippen molar-refractivity contribution in [2.45, 2.75) is 13.5 Å². The first-order valence-electron chi connectivity index (χ1n) is 6.09. The van der Waals surface area contributed by atoms with E-state index in [1.165, 1.54) is 12.1 Å². The van der Waals surface area contributed by atoms with E-state index in [-0.39, 0.29) is 11.5 Å². The quantitative estimate of drug-likeness (QED) is 0.890. The Hall–Kier alpha value is -2.69. The Labute approximate surface area is 116 Å². The molecule has 5 heteroatoms. The maximum Gasteiger partial charge on any atom is 0.335 e. The van der Waals surface area contributed by atoms with Gasteiger partial charge in [0, 0.05) is 24.5 Å². The molecule has 0 saturated carbocycles. The lowest BCUT2D eigenvalue weighted by Crippen LogP contribution is -2.23. The number of rotatable bonds is 4. The minimum atomic E-state index is -1.05. The SMILES string of the molecule is Cc1ccncc1CNC(=O)c1cccc(C(=O)O)c1. The third-order valence-corrected chi connectivity index (χ3v) is 2.96. The average molecular weight is 270 g/mol. The number of benzene rings is 1. The lowest BCUT2D eigenvalue weighted by atomic mass is 10.1. The average Bonchev–Trinajstić information content (AvgIpc) is 2.46. The third kappa shape index (κ3) is 3.20. The van der Waals surface area contributed by atoms with Crippen molar-refractivity contribution in [3.05, 3.63) is 65.0 Å². The Balaban J connectivity index is 2.07. The molecule has 1 heterocycles. The zero-order chi connectivity index (χ0) is 14.5. The topological polar surface area (TPSA) is 79.3 Å². The number of aromatic nitrogens is 1. The van der Waals surface area contributed by atoms with E-state index in [4.69, 9.17) is 5.11 Å². The van der Waals surface area contributed by atoms with Gasteiger partial charge in [0.25, 0.3) is 5.91 Å². The molecule has 5 nitrogen and oxygen atoms in total. The first-order valence-corrected chi connectivity index (χ1v) is 6.09. The monoisotopic (exact) mass is 270 g/mol. The van der Waals surface area contributed by atoms with Gasteiger partial charge in [0.1, 0.15) is 0 Å². The summed E-state index contributed by atoms with van der Waals surface area (Å²) in [6.07, 6.45) is 3.39. The first kappa shape index (κ1) is 13.7. The van der Waals surface area contributed by atoms with Gasteiger partial charge in [0.2, 0.25) is 0 Å². The number of carbonyl (C=O) groups excluding carboxylic acids is 1. The van der Waals surface area contributed by atoms with Crippen LogP contribution in [0.3, 0.4) is 0 Å². The number of carbonyl (C=O) groups is 2. The first-order chi connectivity index (χ1) is 9.58. The molecule has 0 aliphatic carbocycles. The number of nitrogens with one attached hydrogen (secondary N) is 1. The summed E-state index contributed by atoms with van der Waals surface area (Å²) in [5.41, 5.74) is 2.39. The van der Waals surface area contributed by atoms with Crippen molar-refractivity contribution in [3.8, 4) is 0 Å². The van der Waals surface area contributed by atoms with E-state index in [1.807, 2.05) is 13.0 Å². The molecule has 20 heavy (non-hydrogen) atoms. The Bertz CT molecular complexity index is 653. The van der Waals surface area contributed by atoms with Crippen molar-refractivity contribution >= 4 is 11.9 Å². The molecule has 2 aromatic rings. The molecule has 0 bridgehead atoms. The second-order valence-corrected chi connectivity index (χ2v) is 4.37. The zero-order valence-electron chi connectivity index (χ0n) is 11.0. The highest BCUT2D eigenvalue weighted by molar-refractivity contribution is 5.97. The van der Waals surface area contributed by atoms with Gasteiger partial charge in [0.15, 0.2) is 0 Å². The van der Waals surface area contributed by atoms with Crippen molar-refractivity contribution in [2.75, 3.05) is 0 Å². The minimum Gasteiger partial charge on any atom is -0.478 e. The summed E-state index contributed by atoms with van der Waals surface area (Å²) in [6.45, 7) is 2.30. The Morgan fingerprint density at radius 3 is 2.70 bits per heavy atom. The molecular weight excluding hydrogens is 256 g/mol. The molecule has 1 aromatic heterocycles. The van der Waals surface area contributed by atoms with Crippen LogP contribution in [-0.2, 0) is 6.54 Å². The van der Waals surface area contributed by atoms with Crippen molar-refractivity contribution in [2.24, 2.45) is 0 Å².